The van der Waals surface area contributed by atoms with Crippen LogP contribution in [0.1, 0.15) is 24.6 Å². The second-order valence-electron chi connectivity index (χ2n) is 5.89. The van der Waals surface area contributed by atoms with Gasteiger partial charge in [-0.3, -0.25) is 4.68 Å². The highest BCUT2D eigenvalue weighted by atomic mass is 16.5. The van der Waals surface area contributed by atoms with Gasteiger partial charge in [0.05, 0.1) is 18.3 Å². The van der Waals surface area contributed by atoms with E-state index in [1.165, 1.54) is 0 Å². The first-order valence-corrected chi connectivity index (χ1v) is 8.09. The Hall–Kier alpha value is -3.02. The maximum Gasteiger partial charge on any atom is 0.331 e. The monoisotopic (exact) mass is 339 g/mol. The van der Waals surface area contributed by atoms with E-state index in [-0.39, 0.29) is 0 Å². The van der Waals surface area contributed by atoms with E-state index in [1.54, 1.807) is 17.9 Å². The van der Waals surface area contributed by atoms with Crippen LogP contribution in [-0.2, 0) is 11.8 Å². The van der Waals surface area contributed by atoms with Gasteiger partial charge >= 0.3 is 5.97 Å². The predicted octanol–water partition coefficient (Wildman–Crippen LogP) is 3.56. The lowest BCUT2D eigenvalue weighted by atomic mass is 10.1. The summed E-state index contributed by atoms with van der Waals surface area (Å²) < 4.78 is 9.12. The summed E-state index contributed by atoms with van der Waals surface area (Å²) in [6.45, 7) is 3.72. The van der Waals surface area contributed by atoms with Crippen molar-refractivity contribution in [3.8, 4) is 11.6 Å². The number of aromatic nitrogens is 3. The molecule has 25 heavy (non-hydrogen) atoms. The van der Waals surface area contributed by atoms with Gasteiger partial charge in [-0.15, -0.1) is 0 Å². The van der Waals surface area contributed by atoms with E-state index in [1.807, 2.05) is 55.9 Å². The van der Waals surface area contributed by atoms with E-state index in [9.17, 15) is 9.90 Å². The van der Waals surface area contributed by atoms with Crippen molar-refractivity contribution in [3.63, 3.8) is 0 Å². The van der Waals surface area contributed by atoms with E-state index < -0.39 is 5.97 Å². The fourth-order valence-corrected chi connectivity index (χ4v) is 3.03. The molecular formula is C19H21N3O3. The molecular weight excluding hydrogens is 318 g/mol. The van der Waals surface area contributed by atoms with Crippen LogP contribution in [0.2, 0.25) is 0 Å². The van der Waals surface area contributed by atoms with Gasteiger partial charge in [0.2, 0.25) is 0 Å². The molecule has 0 fully saturated rings. The van der Waals surface area contributed by atoms with E-state index in [2.05, 4.69) is 5.10 Å². The Bertz CT molecular complexity index is 979. The van der Waals surface area contributed by atoms with Gasteiger partial charge in [-0.05, 0) is 37.6 Å². The van der Waals surface area contributed by atoms with Crippen LogP contribution in [0.3, 0.4) is 0 Å². The van der Waals surface area contributed by atoms with Crippen molar-refractivity contribution < 1.29 is 14.6 Å². The molecule has 0 aliphatic heterocycles. The minimum atomic E-state index is -0.907. The number of rotatable bonds is 5. The summed E-state index contributed by atoms with van der Waals surface area (Å²) in [6.07, 6.45) is 4.12. The van der Waals surface area contributed by atoms with E-state index >= 15 is 0 Å². The van der Waals surface area contributed by atoms with Crippen LogP contribution in [0.4, 0.5) is 0 Å². The molecule has 0 spiro atoms. The molecule has 130 valence electrons. The minimum Gasteiger partial charge on any atom is -0.497 e. The van der Waals surface area contributed by atoms with Gasteiger partial charge in [-0.2, -0.15) is 5.10 Å². The van der Waals surface area contributed by atoms with Gasteiger partial charge in [-0.25, -0.2) is 4.79 Å². The summed E-state index contributed by atoms with van der Waals surface area (Å²) in [5.74, 6) is 0.687. The fourth-order valence-electron chi connectivity index (χ4n) is 3.03. The molecule has 6 heteroatoms. The smallest absolute Gasteiger partial charge is 0.331 e. The molecule has 6 nitrogen and oxygen atoms in total. The maximum absolute atomic E-state index is 11.4. The molecule has 0 bridgehead atoms. The largest absolute Gasteiger partial charge is 0.497 e. The first-order valence-electron chi connectivity index (χ1n) is 8.09. The van der Waals surface area contributed by atoms with E-state index in [0.29, 0.717) is 12.0 Å². The number of nitrogens with zero attached hydrogens (tertiary/aromatic N) is 3. The van der Waals surface area contributed by atoms with Crippen LogP contribution in [-0.4, -0.2) is 32.5 Å². The number of ether oxygens (including phenoxy) is 1. The Kier molecular flexibility index (Phi) is 4.35. The van der Waals surface area contributed by atoms with Gasteiger partial charge < -0.3 is 14.4 Å². The summed E-state index contributed by atoms with van der Waals surface area (Å²) in [4.78, 5) is 11.4. The lowest BCUT2D eigenvalue weighted by molar-refractivity contribution is -0.132. The Morgan fingerprint density at radius 3 is 2.76 bits per heavy atom. The Morgan fingerprint density at radius 2 is 2.12 bits per heavy atom. The summed E-state index contributed by atoms with van der Waals surface area (Å²) in [6, 6.07) is 7.89. The third kappa shape index (κ3) is 2.91. The zero-order valence-electron chi connectivity index (χ0n) is 14.8. The second-order valence-corrected chi connectivity index (χ2v) is 5.89. The first-order chi connectivity index (χ1) is 12.0. The molecule has 0 unspecified atom stereocenters. The predicted molar refractivity (Wildman–Crippen MR) is 97.2 cm³/mol. The normalized spacial score (nSPS) is 11.9. The lowest BCUT2D eigenvalue weighted by Gasteiger charge is -2.09. The highest BCUT2D eigenvalue weighted by Crippen LogP contribution is 2.28. The molecule has 0 amide bonds. The average Bonchev–Trinajstić information content (AvgIpc) is 3.11. The molecule has 3 rings (SSSR count). The van der Waals surface area contributed by atoms with Gasteiger partial charge in [0.1, 0.15) is 11.6 Å². The molecule has 0 aliphatic rings. The molecule has 0 radical (unpaired) electrons. The number of benzene rings is 1. The number of methoxy groups -OCH3 is 1. The number of hydrogen-bond donors (Lipinski definition) is 1. The second kappa shape index (κ2) is 6.47. The highest BCUT2D eigenvalue weighted by Gasteiger charge is 2.17. The Labute approximate surface area is 145 Å². The summed E-state index contributed by atoms with van der Waals surface area (Å²) in [7, 11) is 3.50. The zero-order valence-corrected chi connectivity index (χ0v) is 14.8. The van der Waals surface area contributed by atoms with Crippen LogP contribution in [0.15, 0.2) is 36.0 Å². The van der Waals surface area contributed by atoms with Crippen molar-refractivity contribution in [2.75, 3.05) is 7.11 Å². The first kappa shape index (κ1) is 16.8. The number of aliphatic carboxylic acids is 1. The summed E-state index contributed by atoms with van der Waals surface area (Å²) >= 11 is 0. The SMILES string of the molecule is CC/C(=C\c1c(C)nn(C)c1-n1ccc2ccc(OC)cc21)C(=O)O. The number of carbonyl (C=O) groups is 1. The molecule has 2 aromatic heterocycles. The van der Waals surface area contributed by atoms with Crippen molar-refractivity contribution in [3.05, 3.63) is 47.3 Å². The van der Waals surface area contributed by atoms with Crippen LogP contribution in [0.25, 0.3) is 22.8 Å². The average molecular weight is 339 g/mol. The van der Waals surface area contributed by atoms with Gasteiger partial charge in [0.15, 0.2) is 0 Å². The number of carboxylic acid groups (broad SMARTS) is 1. The molecule has 3 aromatic rings. The number of hydrogen-bond acceptors (Lipinski definition) is 3. The molecule has 2 heterocycles. The summed E-state index contributed by atoms with van der Waals surface area (Å²) in [5, 5.41) is 14.9. The van der Waals surface area contributed by atoms with Crippen molar-refractivity contribution >= 4 is 22.9 Å². The molecule has 1 aromatic carbocycles. The maximum atomic E-state index is 11.4. The number of fused-ring (bicyclic) bond motifs is 1. The number of aryl methyl sites for hydroxylation is 2. The van der Waals surface area contributed by atoms with E-state index in [0.717, 1.165) is 33.7 Å². The van der Waals surface area contributed by atoms with Crippen molar-refractivity contribution in [1.29, 1.82) is 0 Å². The van der Waals surface area contributed by atoms with Crippen molar-refractivity contribution in [2.24, 2.45) is 7.05 Å². The quantitative estimate of drug-likeness (QED) is 0.722. The van der Waals surface area contributed by atoms with Gasteiger partial charge in [0, 0.05) is 35.8 Å². The standard InChI is InChI=1S/C19H21N3O3/c1-5-13(19(23)24)10-16-12(2)20-21(3)18(16)22-9-8-14-6-7-15(25-4)11-17(14)22/h6-11H,5H2,1-4H3,(H,23,24)/b13-10+. The van der Waals surface area contributed by atoms with E-state index in [4.69, 9.17) is 4.74 Å². The zero-order chi connectivity index (χ0) is 18.1. The van der Waals surface area contributed by atoms with Crippen LogP contribution in [0.5, 0.6) is 5.75 Å². The van der Waals surface area contributed by atoms with Crippen LogP contribution < -0.4 is 4.74 Å². The molecule has 1 N–H and O–H groups in total. The summed E-state index contributed by atoms with van der Waals surface area (Å²) in [5.41, 5.74) is 2.92. The highest BCUT2D eigenvalue weighted by molar-refractivity contribution is 5.93. The Balaban J connectivity index is 2.27. The van der Waals surface area contributed by atoms with Crippen molar-refractivity contribution in [1.82, 2.24) is 14.3 Å². The fraction of sp³-hybridized carbons (Fsp3) is 0.263. The molecule has 0 saturated carbocycles. The third-order valence-corrected chi connectivity index (χ3v) is 4.34. The van der Waals surface area contributed by atoms with Crippen molar-refractivity contribution in [2.45, 2.75) is 20.3 Å². The minimum absolute atomic E-state index is 0.353. The van der Waals surface area contributed by atoms with Gasteiger partial charge in [-0.1, -0.05) is 6.92 Å². The van der Waals surface area contributed by atoms with Crippen LogP contribution >= 0.6 is 0 Å². The van der Waals surface area contributed by atoms with Gasteiger partial charge in [0.25, 0.3) is 0 Å². The van der Waals surface area contributed by atoms with Crippen LogP contribution in [0, 0.1) is 6.92 Å². The number of carboxylic acids is 1. The Morgan fingerprint density at radius 1 is 1.36 bits per heavy atom. The molecule has 0 atom stereocenters. The molecule has 0 saturated heterocycles. The third-order valence-electron chi connectivity index (χ3n) is 4.34. The molecule has 0 aliphatic carbocycles. The topological polar surface area (TPSA) is 69.3 Å². The lowest BCUT2D eigenvalue weighted by Crippen LogP contribution is -2.04.